The fourth-order valence-corrected chi connectivity index (χ4v) is 11.3. The Hall–Kier alpha value is -4.82. The maximum absolute atomic E-state index is 13.0. The second kappa shape index (κ2) is 9.84. The molecule has 0 unspecified atom stereocenters. The third-order valence-corrected chi connectivity index (χ3v) is 12.9. The molecule has 3 aromatic rings. The minimum absolute atomic E-state index is 0.0869. The predicted molar refractivity (Wildman–Crippen MR) is 183 cm³/mol. The highest BCUT2D eigenvalue weighted by atomic mass is 32.1. The number of nitrogens with zero attached hydrogens (tertiary/aromatic N) is 6. The lowest BCUT2D eigenvalue weighted by atomic mass is 9.81. The van der Waals surface area contributed by atoms with Crippen molar-refractivity contribution in [3.63, 3.8) is 0 Å². The summed E-state index contributed by atoms with van der Waals surface area (Å²) in [5, 5.41) is 20.3. The minimum Gasteiger partial charge on any atom is -0.276 e. The van der Waals surface area contributed by atoms with E-state index in [2.05, 4.69) is 32.7 Å². The third kappa shape index (κ3) is 3.91. The molecule has 2 aliphatic heterocycles. The van der Waals surface area contributed by atoms with Gasteiger partial charge in [0.2, 0.25) is 0 Å². The van der Waals surface area contributed by atoms with E-state index in [1.165, 1.54) is 58.4 Å². The molecule has 0 aromatic carbocycles. The van der Waals surface area contributed by atoms with Gasteiger partial charge in [-0.1, -0.05) is 27.7 Å². The monoisotopic (exact) mass is 678 g/mol. The first-order chi connectivity index (χ1) is 22.1. The van der Waals surface area contributed by atoms with Crippen LogP contribution in [0.25, 0.3) is 20.5 Å². The van der Waals surface area contributed by atoms with Crippen LogP contribution in [0.3, 0.4) is 0 Å². The first-order valence-corrected chi connectivity index (χ1v) is 17.0. The maximum atomic E-state index is 13.0. The third-order valence-electron chi connectivity index (χ3n) is 9.50. The van der Waals surface area contributed by atoms with Crippen molar-refractivity contribution in [2.24, 2.45) is 9.98 Å². The molecule has 4 aliphatic rings. The molecule has 3 aromatic heterocycles. The van der Waals surface area contributed by atoms with Crippen molar-refractivity contribution in [1.82, 2.24) is 9.80 Å². The summed E-state index contributed by atoms with van der Waals surface area (Å²) in [5.41, 5.74) is 4.62. The highest BCUT2D eigenvalue weighted by Crippen LogP contribution is 2.68. The SMILES string of the molecule is CC1=C(C#N)C(=O)N(C)C(=O)C1=Nc1cc2c(s1)C1=C(c3sc4cc(N=C5C(=O)N(C)C(=O)C(C#N)=C5C)sc4c3C1(C)C)C2(C)C. The molecular formula is C34H26N6O4S3. The molecule has 13 heteroatoms. The zero-order chi connectivity index (χ0) is 34.1. The summed E-state index contributed by atoms with van der Waals surface area (Å²) in [7, 11) is 2.71. The highest BCUT2D eigenvalue weighted by molar-refractivity contribution is 7.30. The van der Waals surface area contributed by atoms with E-state index in [1.807, 2.05) is 24.3 Å². The van der Waals surface area contributed by atoms with Crippen molar-refractivity contribution >= 4 is 99.6 Å². The Kier molecular flexibility index (Phi) is 6.45. The quantitative estimate of drug-likeness (QED) is 0.289. The molecule has 0 atom stereocenters. The van der Waals surface area contributed by atoms with Crippen molar-refractivity contribution in [2.45, 2.75) is 52.4 Å². The van der Waals surface area contributed by atoms with Crippen molar-refractivity contribution in [2.75, 3.05) is 14.1 Å². The molecule has 234 valence electrons. The number of thiophene rings is 3. The first kappa shape index (κ1) is 30.8. The number of carbonyl (C=O) groups excluding carboxylic acids is 4. The molecule has 0 radical (unpaired) electrons. The molecule has 0 saturated heterocycles. The van der Waals surface area contributed by atoms with Crippen LogP contribution in [0, 0.1) is 22.7 Å². The lowest BCUT2D eigenvalue weighted by Gasteiger charge is -2.24. The number of carbonyl (C=O) groups is 4. The van der Waals surface area contributed by atoms with Crippen LogP contribution < -0.4 is 0 Å². The summed E-state index contributed by atoms with van der Waals surface area (Å²) in [6.07, 6.45) is 0. The van der Waals surface area contributed by atoms with E-state index in [0.717, 1.165) is 29.6 Å². The van der Waals surface area contributed by atoms with Crippen LogP contribution >= 0.6 is 34.0 Å². The molecule has 0 N–H and O–H groups in total. The van der Waals surface area contributed by atoms with E-state index in [4.69, 9.17) is 4.99 Å². The number of likely N-dealkylation sites (N-methyl/N-ethyl adjacent to an activating group) is 2. The summed E-state index contributed by atoms with van der Waals surface area (Å²) in [6, 6.07) is 7.82. The van der Waals surface area contributed by atoms with Gasteiger partial charge in [0.1, 0.15) is 44.7 Å². The van der Waals surface area contributed by atoms with E-state index in [9.17, 15) is 29.7 Å². The molecular weight excluding hydrogens is 653 g/mol. The topological polar surface area (TPSA) is 147 Å². The number of nitriles is 2. The molecule has 5 heterocycles. The zero-order valence-electron chi connectivity index (χ0n) is 26.7. The van der Waals surface area contributed by atoms with E-state index in [0.29, 0.717) is 10.0 Å². The predicted octanol–water partition coefficient (Wildman–Crippen LogP) is 6.34. The lowest BCUT2D eigenvalue weighted by Crippen LogP contribution is -2.44. The number of fused-ring (bicyclic) bond motifs is 6. The number of imide groups is 2. The van der Waals surface area contributed by atoms with Crippen LogP contribution in [0.5, 0.6) is 0 Å². The molecule has 0 fully saturated rings. The Morgan fingerprint density at radius 3 is 1.68 bits per heavy atom. The fraction of sp³-hybridized carbons (Fsp3) is 0.294. The number of amides is 4. The van der Waals surface area contributed by atoms with Crippen LogP contribution in [0.4, 0.5) is 10.0 Å². The second-order valence-corrected chi connectivity index (χ2v) is 16.0. The van der Waals surface area contributed by atoms with Gasteiger partial charge in [0.25, 0.3) is 23.6 Å². The Morgan fingerprint density at radius 2 is 1.17 bits per heavy atom. The van der Waals surface area contributed by atoms with E-state index in [1.54, 1.807) is 25.2 Å². The summed E-state index contributed by atoms with van der Waals surface area (Å²) in [5.74, 6) is -2.33. The number of hydrogen-bond donors (Lipinski definition) is 0. The van der Waals surface area contributed by atoms with Gasteiger partial charge >= 0.3 is 0 Å². The standard InChI is InChI=1S/C34H26N6O4S3/c1-13-15(11-35)29(41)39(7)31(43)24(13)37-19-9-17-26(46-19)21-22(33(17,3)4)28-23(34(21,5)6)27-18(45-28)10-20(47-27)38-25-14(2)16(12-36)30(42)40(8)32(25)44/h9-10H,1-8H3. The maximum Gasteiger partial charge on any atom is 0.279 e. The summed E-state index contributed by atoms with van der Waals surface area (Å²) in [6.45, 7) is 12.0. The van der Waals surface area contributed by atoms with Gasteiger partial charge in [-0.05, 0) is 48.3 Å². The van der Waals surface area contributed by atoms with Gasteiger partial charge in [0.15, 0.2) is 0 Å². The van der Waals surface area contributed by atoms with Gasteiger partial charge in [-0.15, -0.1) is 34.0 Å². The smallest absolute Gasteiger partial charge is 0.276 e. The summed E-state index contributed by atoms with van der Waals surface area (Å²) < 4.78 is 2.13. The lowest BCUT2D eigenvalue weighted by molar-refractivity contribution is -0.138. The highest BCUT2D eigenvalue weighted by Gasteiger charge is 2.53. The van der Waals surface area contributed by atoms with Gasteiger partial charge in [-0.3, -0.25) is 29.0 Å². The van der Waals surface area contributed by atoms with Crippen LogP contribution in [-0.4, -0.2) is 58.9 Å². The van der Waals surface area contributed by atoms with Gasteiger partial charge < -0.3 is 0 Å². The van der Waals surface area contributed by atoms with E-state index >= 15 is 0 Å². The number of allylic oxidation sites excluding steroid dienone is 2. The van der Waals surface area contributed by atoms with E-state index in [-0.39, 0.29) is 44.5 Å². The number of aliphatic imine (C=N–C) groups is 2. The van der Waals surface area contributed by atoms with Crippen molar-refractivity contribution in [3.05, 3.63) is 55.3 Å². The van der Waals surface area contributed by atoms with Crippen LogP contribution in [0.2, 0.25) is 0 Å². The average Bonchev–Trinajstić information content (AvgIpc) is 3.78. The van der Waals surface area contributed by atoms with Crippen LogP contribution in [-0.2, 0) is 30.0 Å². The average molecular weight is 679 g/mol. The molecule has 2 aliphatic carbocycles. The molecule has 0 bridgehead atoms. The molecule has 10 nitrogen and oxygen atoms in total. The molecule has 0 spiro atoms. The number of hydrogen-bond acceptors (Lipinski definition) is 11. The molecule has 7 rings (SSSR count). The Bertz CT molecular complexity index is 2360. The molecule has 0 saturated carbocycles. The Labute approximate surface area is 281 Å². The fourth-order valence-electron chi connectivity index (χ4n) is 6.90. The largest absolute Gasteiger partial charge is 0.279 e. The molecule has 4 amide bonds. The van der Waals surface area contributed by atoms with Crippen molar-refractivity contribution in [3.8, 4) is 12.1 Å². The number of rotatable bonds is 2. The zero-order valence-corrected chi connectivity index (χ0v) is 29.1. The first-order valence-electron chi connectivity index (χ1n) is 14.6. The summed E-state index contributed by atoms with van der Waals surface area (Å²) in [4.78, 5) is 64.4. The van der Waals surface area contributed by atoms with Crippen LogP contribution in [0.1, 0.15) is 62.4 Å². The van der Waals surface area contributed by atoms with Gasteiger partial charge in [0, 0.05) is 50.5 Å². The van der Waals surface area contributed by atoms with Crippen molar-refractivity contribution < 1.29 is 19.2 Å². The van der Waals surface area contributed by atoms with Crippen LogP contribution in [0.15, 0.2) is 44.4 Å². The van der Waals surface area contributed by atoms with E-state index < -0.39 is 23.6 Å². The Balaban J connectivity index is 1.32. The second-order valence-electron chi connectivity index (χ2n) is 12.9. The minimum atomic E-state index is -0.627. The Morgan fingerprint density at radius 1 is 0.681 bits per heavy atom. The van der Waals surface area contributed by atoms with Gasteiger partial charge in [0.05, 0.1) is 4.70 Å². The summed E-state index contributed by atoms with van der Waals surface area (Å²) >= 11 is 4.68. The van der Waals surface area contributed by atoms with Gasteiger partial charge in [-0.25, -0.2) is 9.98 Å². The van der Waals surface area contributed by atoms with Crippen molar-refractivity contribution in [1.29, 1.82) is 10.5 Å². The normalized spacial score (nSPS) is 21.8. The molecule has 47 heavy (non-hydrogen) atoms. The van der Waals surface area contributed by atoms with Gasteiger partial charge in [-0.2, -0.15) is 10.5 Å².